The summed E-state index contributed by atoms with van der Waals surface area (Å²) in [6.45, 7) is 3.38. The Hall–Kier alpha value is -2.35. The van der Waals surface area contributed by atoms with Crippen molar-refractivity contribution in [2.24, 2.45) is 0 Å². The van der Waals surface area contributed by atoms with Gasteiger partial charge < -0.3 is 15.1 Å². The lowest BCUT2D eigenvalue weighted by Crippen LogP contribution is -2.46. The normalized spacial score (nSPS) is 17.6. The van der Waals surface area contributed by atoms with Crippen molar-refractivity contribution in [3.05, 3.63) is 42.2 Å². The molecule has 1 amide bonds. The molecule has 29 heavy (non-hydrogen) atoms. The van der Waals surface area contributed by atoms with E-state index >= 15 is 0 Å². The fraction of sp³-hybridized carbons (Fsp3) is 0.476. The molecule has 1 aromatic heterocycles. The average molecular weight is 416 g/mol. The number of piperazine rings is 1. The summed E-state index contributed by atoms with van der Waals surface area (Å²) in [5.41, 5.74) is 1.04. The number of hydrogen-bond acceptors (Lipinski definition) is 6. The lowest BCUT2D eigenvalue weighted by atomic mass is 10.2. The van der Waals surface area contributed by atoms with Gasteiger partial charge in [-0.1, -0.05) is 24.6 Å². The van der Waals surface area contributed by atoms with Gasteiger partial charge in [0.25, 0.3) is 0 Å². The maximum Gasteiger partial charge on any atom is 0.230 e. The highest BCUT2D eigenvalue weighted by Crippen LogP contribution is 2.22. The predicted molar refractivity (Wildman–Crippen MR) is 114 cm³/mol. The van der Waals surface area contributed by atoms with Gasteiger partial charge >= 0.3 is 0 Å². The maximum atomic E-state index is 13.1. The fourth-order valence-electron chi connectivity index (χ4n) is 3.88. The Morgan fingerprint density at radius 2 is 1.69 bits per heavy atom. The predicted octanol–water partition coefficient (Wildman–Crippen LogP) is 3.09. The van der Waals surface area contributed by atoms with Gasteiger partial charge in [-0.2, -0.15) is 0 Å². The number of nitrogens with one attached hydrogen (secondary N) is 1. The van der Waals surface area contributed by atoms with Gasteiger partial charge in [0.15, 0.2) is 5.82 Å². The monoisotopic (exact) mass is 415 g/mol. The minimum Gasteiger partial charge on any atom is -0.368 e. The molecule has 1 saturated carbocycles. The molecular formula is C21H26FN5OS. The quantitative estimate of drug-likeness (QED) is 0.732. The van der Waals surface area contributed by atoms with Gasteiger partial charge in [-0.15, -0.1) is 10.2 Å². The number of rotatable bonds is 6. The van der Waals surface area contributed by atoms with E-state index in [-0.39, 0.29) is 11.7 Å². The minimum atomic E-state index is -0.211. The number of aromatic nitrogens is 2. The van der Waals surface area contributed by atoms with E-state index in [1.165, 1.54) is 36.7 Å². The molecule has 1 aliphatic carbocycles. The Kier molecular flexibility index (Phi) is 6.49. The van der Waals surface area contributed by atoms with Gasteiger partial charge in [0.2, 0.25) is 5.91 Å². The molecule has 0 spiro atoms. The Labute approximate surface area is 174 Å². The van der Waals surface area contributed by atoms with Crippen LogP contribution in [0.25, 0.3) is 0 Å². The third-order valence-corrected chi connectivity index (χ3v) is 6.41. The van der Waals surface area contributed by atoms with E-state index < -0.39 is 0 Å². The molecule has 2 fully saturated rings. The average Bonchev–Trinajstić information content (AvgIpc) is 3.26. The molecule has 8 heteroatoms. The summed E-state index contributed by atoms with van der Waals surface area (Å²) in [7, 11) is 0. The molecule has 0 bridgehead atoms. The Morgan fingerprint density at radius 3 is 2.34 bits per heavy atom. The van der Waals surface area contributed by atoms with Crippen molar-refractivity contribution in [1.29, 1.82) is 0 Å². The minimum absolute atomic E-state index is 0.0738. The van der Waals surface area contributed by atoms with Gasteiger partial charge in [-0.3, -0.25) is 4.79 Å². The van der Waals surface area contributed by atoms with E-state index in [1.54, 1.807) is 0 Å². The molecule has 6 nitrogen and oxygen atoms in total. The molecule has 2 aromatic rings. The number of carbonyl (C=O) groups excluding carboxylic acids is 1. The van der Waals surface area contributed by atoms with E-state index in [0.717, 1.165) is 55.6 Å². The highest BCUT2D eigenvalue weighted by Gasteiger charge is 2.19. The van der Waals surface area contributed by atoms with Crippen LogP contribution in [0.1, 0.15) is 25.7 Å². The molecular weight excluding hydrogens is 389 g/mol. The molecule has 0 radical (unpaired) electrons. The lowest BCUT2D eigenvalue weighted by molar-refractivity contribution is -0.119. The Bertz CT molecular complexity index is 803. The number of nitrogens with zero attached hydrogens (tertiary/aromatic N) is 4. The number of thioether (sulfide) groups is 1. The molecule has 1 saturated heterocycles. The van der Waals surface area contributed by atoms with E-state index in [9.17, 15) is 9.18 Å². The van der Waals surface area contributed by atoms with E-state index in [0.29, 0.717) is 11.8 Å². The summed E-state index contributed by atoms with van der Waals surface area (Å²) < 4.78 is 13.1. The van der Waals surface area contributed by atoms with Gasteiger partial charge in [-0.25, -0.2) is 4.39 Å². The summed E-state index contributed by atoms with van der Waals surface area (Å²) >= 11 is 1.42. The summed E-state index contributed by atoms with van der Waals surface area (Å²) in [5.74, 6) is 1.09. The number of hydrogen-bond donors (Lipinski definition) is 1. The number of anilines is 2. The van der Waals surface area contributed by atoms with Crippen LogP contribution in [0.4, 0.5) is 15.9 Å². The third kappa shape index (κ3) is 5.38. The second kappa shape index (κ2) is 9.43. The van der Waals surface area contributed by atoms with Crippen LogP contribution in [0.15, 0.2) is 41.4 Å². The zero-order valence-electron chi connectivity index (χ0n) is 16.4. The molecule has 154 valence electrons. The van der Waals surface area contributed by atoms with Crippen LogP contribution in [-0.2, 0) is 4.79 Å². The van der Waals surface area contributed by atoms with Crippen molar-refractivity contribution in [2.75, 3.05) is 41.7 Å². The summed E-state index contributed by atoms with van der Waals surface area (Å²) in [4.78, 5) is 16.5. The first-order chi connectivity index (χ1) is 14.2. The molecule has 1 aliphatic heterocycles. The van der Waals surface area contributed by atoms with E-state index in [2.05, 4.69) is 25.3 Å². The molecule has 0 atom stereocenters. The highest BCUT2D eigenvalue weighted by atomic mass is 32.2. The Morgan fingerprint density at radius 1 is 1.00 bits per heavy atom. The van der Waals surface area contributed by atoms with Gasteiger partial charge in [0.05, 0.1) is 5.75 Å². The molecule has 0 unspecified atom stereocenters. The van der Waals surface area contributed by atoms with Crippen LogP contribution in [-0.4, -0.2) is 54.1 Å². The van der Waals surface area contributed by atoms with Crippen molar-refractivity contribution in [3.63, 3.8) is 0 Å². The summed E-state index contributed by atoms with van der Waals surface area (Å²) in [5, 5.41) is 12.5. The van der Waals surface area contributed by atoms with Crippen LogP contribution in [0.2, 0.25) is 0 Å². The molecule has 1 N–H and O–H groups in total. The van der Waals surface area contributed by atoms with Crippen molar-refractivity contribution in [3.8, 4) is 0 Å². The largest absolute Gasteiger partial charge is 0.368 e. The van der Waals surface area contributed by atoms with Crippen molar-refractivity contribution in [2.45, 2.75) is 36.8 Å². The van der Waals surface area contributed by atoms with Crippen LogP contribution in [0.3, 0.4) is 0 Å². The van der Waals surface area contributed by atoms with Gasteiger partial charge in [0, 0.05) is 37.9 Å². The smallest absolute Gasteiger partial charge is 0.230 e. The van der Waals surface area contributed by atoms with Crippen molar-refractivity contribution >= 4 is 29.2 Å². The standard InChI is InChI=1S/C21H26FN5OS/c22-16-5-7-18(8-6-16)26-11-13-27(14-12-26)19-9-10-21(25-24-19)29-15-20(28)23-17-3-1-2-4-17/h5-10,17H,1-4,11-15H2,(H,23,28). The first-order valence-corrected chi connectivity index (χ1v) is 11.2. The number of benzene rings is 1. The first-order valence-electron chi connectivity index (χ1n) is 10.2. The maximum absolute atomic E-state index is 13.1. The fourth-order valence-corrected chi connectivity index (χ4v) is 4.51. The zero-order valence-corrected chi connectivity index (χ0v) is 17.2. The lowest BCUT2D eigenvalue weighted by Gasteiger charge is -2.36. The summed E-state index contributed by atoms with van der Waals surface area (Å²) in [6.07, 6.45) is 4.62. The van der Waals surface area contributed by atoms with E-state index in [4.69, 9.17) is 0 Å². The van der Waals surface area contributed by atoms with Crippen LogP contribution in [0, 0.1) is 5.82 Å². The molecule has 2 heterocycles. The number of amides is 1. The molecule has 4 rings (SSSR count). The topological polar surface area (TPSA) is 61.4 Å². The second-order valence-electron chi connectivity index (χ2n) is 7.52. The third-order valence-electron chi connectivity index (χ3n) is 5.49. The van der Waals surface area contributed by atoms with E-state index in [1.807, 2.05) is 24.3 Å². The summed E-state index contributed by atoms with van der Waals surface area (Å²) in [6, 6.07) is 10.9. The number of halogens is 1. The Balaban J connectivity index is 1.24. The SMILES string of the molecule is O=C(CSc1ccc(N2CCN(c3ccc(F)cc3)CC2)nn1)NC1CCCC1. The van der Waals surface area contributed by atoms with Crippen LogP contribution in [0.5, 0.6) is 0 Å². The second-order valence-corrected chi connectivity index (χ2v) is 8.51. The zero-order chi connectivity index (χ0) is 20.1. The molecule has 2 aliphatic rings. The van der Waals surface area contributed by atoms with Crippen molar-refractivity contribution in [1.82, 2.24) is 15.5 Å². The van der Waals surface area contributed by atoms with Crippen LogP contribution >= 0.6 is 11.8 Å². The molecule has 1 aromatic carbocycles. The first kappa shape index (κ1) is 19.9. The van der Waals surface area contributed by atoms with Gasteiger partial charge in [0.1, 0.15) is 10.8 Å². The van der Waals surface area contributed by atoms with Crippen LogP contribution < -0.4 is 15.1 Å². The highest BCUT2D eigenvalue weighted by molar-refractivity contribution is 7.99. The van der Waals surface area contributed by atoms with Gasteiger partial charge in [-0.05, 0) is 49.2 Å². The van der Waals surface area contributed by atoms with Crippen molar-refractivity contribution < 1.29 is 9.18 Å². The number of carbonyl (C=O) groups is 1.